The Bertz CT molecular complexity index is 1240. The lowest BCUT2D eigenvalue weighted by atomic mass is 9.73. The van der Waals surface area contributed by atoms with Gasteiger partial charge in [0.25, 0.3) is 0 Å². The number of carbonyl (C=O) groups is 1. The van der Waals surface area contributed by atoms with Crippen molar-refractivity contribution in [2.45, 2.75) is 179 Å². The van der Waals surface area contributed by atoms with Crippen LogP contribution in [-0.4, -0.2) is 157 Å². The molecule has 0 spiro atoms. The van der Waals surface area contributed by atoms with Crippen LogP contribution in [-0.2, 0) is 42.8 Å². The second-order valence-corrected chi connectivity index (χ2v) is 16.9. The normalized spacial score (nSPS) is 48.3. The fourth-order valence-corrected chi connectivity index (χ4v) is 8.87. The van der Waals surface area contributed by atoms with E-state index in [0.717, 1.165) is 0 Å². The van der Waals surface area contributed by atoms with E-state index in [1.807, 2.05) is 46.7 Å². The van der Waals surface area contributed by atoms with Crippen LogP contribution in [0.25, 0.3) is 0 Å². The molecule has 316 valence electrons. The Morgan fingerprint density at radius 1 is 0.870 bits per heavy atom. The van der Waals surface area contributed by atoms with Crippen LogP contribution in [0.3, 0.4) is 0 Å². The van der Waals surface area contributed by atoms with Crippen molar-refractivity contribution in [3.8, 4) is 0 Å². The highest BCUT2D eigenvalue weighted by Crippen LogP contribution is 2.42. The molecule has 18 atom stereocenters. The molecular weight excluding hydrogens is 704 g/mol. The topological polar surface area (TPSA) is 187 Å². The van der Waals surface area contributed by atoms with Gasteiger partial charge in [-0.25, -0.2) is 0 Å². The van der Waals surface area contributed by atoms with Gasteiger partial charge < -0.3 is 63.3 Å². The zero-order valence-corrected chi connectivity index (χ0v) is 35.3. The van der Waals surface area contributed by atoms with Gasteiger partial charge in [0.2, 0.25) is 0 Å². The van der Waals surface area contributed by atoms with Crippen LogP contribution < -0.4 is 0 Å². The Hall–Kier alpha value is -1.50. The zero-order valence-electron chi connectivity index (χ0n) is 35.3. The third-order valence-corrected chi connectivity index (χ3v) is 12.5. The van der Waals surface area contributed by atoms with Gasteiger partial charge in [-0.3, -0.25) is 4.79 Å². The van der Waals surface area contributed by atoms with Gasteiger partial charge >= 0.3 is 5.97 Å². The van der Waals surface area contributed by atoms with E-state index in [1.165, 1.54) is 21.1 Å². The van der Waals surface area contributed by atoms with Gasteiger partial charge in [0.05, 0.1) is 53.4 Å². The fourth-order valence-electron chi connectivity index (χ4n) is 8.87. The van der Waals surface area contributed by atoms with Gasteiger partial charge in [-0.05, 0) is 74.9 Å². The van der Waals surface area contributed by atoms with E-state index in [0.29, 0.717) is 12.1 Å². The molecule has 0 saturated carbocycles. The van der Waals surface area contributed by atoms with Crippen molar-refractivity contribution < 1.29 is 63.2 Å². The standard InChI is InChI=1S/C39H72N2O13/c1-16-27-39(10,46)32(43)22(4)29(40-49-15)20(2)18-38(9,48-14)34(54-36-30(42)26(41(11)12)17-21(3)50-36)23(5)31(24(6)35(45)52-27)53-28-19-37(8,47-13)33(44)25(7)51-28/h20-28,30-34,36,42-44,46H,16-19H2,1-15H3/b40-29+/t20-,21-,22+,23-,24-,25+,26+,27-,28+,30-,31+,32+,33+,34-,36+,37-,38-,39-/m1/s1. The first kappa shape index (κ1) is 46.9. The smallest absolute Gasteiger partial charge is 0.311 e. The Kier molecular flexibility index (Phi) is 16.4. The highest BCUT2D eigenvalue weighted by atomic mass is 16.7. The molecule has 3 aliphatic rings. The molecule has 4 N–H and O–H groups in total. The van der Waals surface area contributed by atoms with Crippen LogP contribution in [0.15, 0.2) is 5.16 Å². The number of aliphatic hydroxyl groups excluding tert-OH is 3. The minimum atomic E-state index is -1.88. The third-order valence-electron chi connectivity index (χ3n) is 12.5. The summed E-state index contributed by atoms with van der Waals surface area (Å²) in [6, 6.07) is -0.266. The first-order valence-electron chi connectivity index (χ1n) is 19.5. The van der Waals surface area contributed by atoms with Gasteiger partial charge in [-0.15, -0.1) is 0 Å². The molecule has 0 bridgehead atoms. The number of aliphatic hydroxyl groups is 4. The van der Waals surface area contributed by atoms with Gasteiger partial charge in [0.15, 0.2) is 12.6 Å². The molecule has 3 saturated heterocycles. The number of rotatable bonds is 9. The van der Waals surface area contributed by atoms with Crippen LogP contribution in [0.5, 0.6) is 0 Å². The number of hydrogen-bond acceptors (Lipinski definition) is 15. The number of ether oxygens (including phenoxy) is 7. The summed E-state index contributed by atoms with van der Waals surface area (Å²) in [7, 11) is 8.29. The van der Waals surface area contributed by atoms with Crippen molar-refractivity contribution in [3.63, 3.8) is 0 Å². The van der Waals surface area contributed by atoms with Crippen molar-refractivity contribution in [1.82, 2.24) is 4.90 Å². The highest BCUT2D eigenvalue weighted by Gasteiger charge is 2.54. The van der Waals surface area contributed by atoms with E-state index >= 15 is 0 Å². The molecule has 3 fully saturated rings. The molecule has 0 unspecified atom stereocenters. The fraction of sp³-hybridized carbons (Fsp3) is 0.949. The molecule has 0 aromatic heterocycles. The summed E-state index contributed by atoms with van der Waals surface area (Å²) in [5, 5.41) is 50.6. The molecule has 15 nitrogen and oxygen atoms in total. The second-order valence-electron chi connectivity index (χ2n) is 16.9. The maximum Gasteiger partial charge on any atom is 0.311 e. The zero-order chi connectivity index (χ0) is 41.1. The van der Waals surface area contributed by atoms with Gasteiger partial charge in [0.1, 0.15) is 31.0 Å². The van der Waals surface area contributed by atoms with Crippen LogP contribution in [0.2, 0.25) is 0 Å². The predicted octanol–water partition coefficient (Wildman–Crippen LogP) is 2.87. The summed E-state index contributed by atoms with van der Waals surface area (Å²) >= 11 is 0. The van der Waals surface area contributed by atoms with E-state index < -0.39 is 102 Å². The molecule has 54 heavy (non-hydrogen) atoms. The molecule has 0 aromatic rings. The Labute approximate surface area is 322 Å². The number of cyclic esters (lactones) is 1. The monoisotopic (exact) mass is 777 g/mol. The highest BCUT2D eigenvalue weighted by molar-refractivity contribution is 5.88. The lowest BCUT2D eigenvalue weighted by Crippen LogP contribution is -2.61. The number of methoxy groups -OCH3 is 2. The number of nitrogens with zero attached hydrogens (tertiary/aromatic N) is 2. The molecule has 0 radical (unpaired) electrons. The molecule has 0 aromatic carbocycles. The van der Waals surface area contributed by atoms with Gasteiger partial charge in [-0.2, -0.15) is 0 Å². The van der Waals surface area contributed by atoms with Crippen molar-refractivity contribution in [2.75, 3.05) is 35.4 Å². The molecule has 0 amide bonds. The van der Waals surface area contributed by atoms with Crippen molar-refractivity contribution in [2.24, 2.45) is 28.8 Å². The Morgan fingerprint density at radius 2 is 1.48 bits per heavy atom. The predicted molar refractivity (Wildman–Crippen MR) is 200 cm³/mol. The molecule has 3 heterocycles. The summed E-state index contributed by atoms with van der Waals surface area (Å²) in [6.45, 7) is 17.8. The number of carbonyl (C=O) groups excluding carboxylic acids is 1. The van der Waals surface area contributed by atoms with Crippen LogP contribution in [0.1, 0.15) is 94.9 Å². The molecule has 0 aliphatic carbocycles. The second kappa shape index (κ2) is 18.8. The van der Waals surface area contributed by atoms with Gasteiger partial charge in [0, 0.05) is 44.4 Å². The minimum absolute atomic E-state index is 0.143. The first-order chi connectivity index (χ1) is 25.0. The molecule has 15 heteroatoms. The minimum Gasteiger partial charge on any atom is -0.459 e. The summed E-state index contributed by atoms with van der Waals surface area (Å²) in [5.41, 5.74) is -3.61. The summed E-state index contributed by atoms with van der Waals surface area (Å²) in [4.78, 5) is 21.5. The van der Waals surface area contributed by atoms with E-state index in [1.54, 1.807) is 41.7 Å². The molecule has 3 aliphatic heterocycles. The summed E-state index contributed by atoms with van der Waals surface area (Å²) in [6.07, 6.45) is -8.10. The van der Waals surface area contributed by atoms with E-state index in [-0.39, 0.29) is 31.4 Å². The maximum atomic E-state index is 14.3. The van der Waals surface area contributed by atoms with Crippen molar-refractivity contribution in [3.05, 3.63) is 0 Å². The summed E-state index contributed by atoms with van der Waals surface area (Å²) in [5.74, 6) is -3.49. The molecular formula is C39H72N2O13. The van der Waals surface area contributed by atoms with E-state index in [2.05, 4.69) is 5.16 Å². The number of likely N-dealkylation sites (N-methyl/N-ethyl adjacent to an activating group) is 1. The third kappa shape index (κ3) is 9.95. The number of esters is 1. The number of oxime groups is 1. The maximum absolute atomic E-state index is 14.3. The van der Waals surface area contributed by atoms with Crippen molar-refractivity contribution >= 4 is 11.7 Å². The quantitative estimate of drug-likeness (QED) is 0.198. The van der Waals surface area contributed by atoms with E-state index in [4.69, 9.17) is 38.0 Å². The average Bonchev–Trinajstić information content (AvgIpc) is 3.11. The average molecular weight is 777 g/mol. The first-order valence-corrected chi connectivity index (χ1v) is 19.5. The lowest BCUT2D eigenvalue weighted by molar-refractivity contribution is -0.319. The SMILES string of the molecule is CC[C@H]1OC(=O)[C@H](C)[C@@H](O[C@H]2C[C@@](C)(OC)[C@@H](O)[C@H](C)O2)[C@@H](C)[C@@H](O[C@@H]2O[C@H](C)C[C@H](N(C)C)[C@H]2O)[C@](C)(OC)C[C@@H](C)/C(=N\OC)[C@H](C)[C@H](O)[C@]1(C)O. The van der Waals surface area contributed by atoms with E-state index in [9.17, 15) is 25.2 Å². The Balaban J connectivity index is 2.27. The van der Waals surface area contributed by atoms with Crippen LogP contribution in [0, 0.1) is 23.7 Å². The summed E-state index contributed by atoms with van der Waals surface area (Å²) < 4.78 is 44.4. The number of hydrogen-bond donors (Lipinski definition) is 4. The van der Waals surface area contributed by atoms with Crippen molar-refractivity contribution in [1.29, 1.82) is 0 Å². The lowest BCUT2D eigenvalue weighted by Gasteiger charge is -2.50. The largest absolute Gasteiger partial charge is 0.459 e. The molecule has 3 rings (SSSR count). The Morgan fingerprint density at radius 3 is 2.02 bits per heavy atom. The van der Waals surface area contributed by atoms with Crippen LogP contribution in [0.4, 0.5) is 0 Å². The van der Waals surface area contributed by atoms with Gasteiger partial charge in [-0.1, -0.05) is 32.9 Å². The van der Waals surface area contributed by atoms with Crippen LogP contribution >= 0.6 is 0 Å².